The fraction of sp³-hybridized carbons (Fsp3) is 0.286. The van der Waals surface area contributed by atoms with E-state index in [1.165, 1.54) is 0 Å². The summed E-state index contributed by atoms with van der Waals surface area (Å²) in [6, 6.07) is 7.68. The van der Waals surface area contributed by atoms with Crippen molar-refractivity contribution in [2.24, 2.45) is 0 Å². The number of benzene rings is 1. The smallest absolute Gasteiger partial charge is 0.121 e. The Morgan fingerprint density at radius 3 is 2.95 bits per heavy atom. The largest absolute Gasteiger partial charge is 0.497 e. The number of nitrogens with one attached hydrogen (secondary N) is 1. The summed E-state index contributed by atoms with van der Waals surface area (Å²) in [6.45, 7) is 2.09. The van der Waals surface area contributed by atoms with Gasteiger partial charge in [0.05, 0.1) is 24.4 Å². The first-order valence-electron chi connectivity index (χ1n) is 6.02. The van der Waals surface area contributed by atoms with Crippen molar-refractivity contribution in [2.45, 2.75) is 19.4 Å². The normalized spacial score (nSPS) is 11.6. The zero-order valence-electron chi connectivity index (χ0n) is 10.9. The second-order valence-electron chi connectivity index (χ2n) is 4.00. The van der Waals surface area contributed by atoms with Crippen molar-refractivity contribution in [2.75, 3.05) is 12.4 Å². The molecule has 0 fully saturated rings. The van der Waals surface area contributed by atoms with Crippen molar-refractivity contribution in [3.63, 3.8) is 0 Å². The molecule has 1 aromatic carbocycles. The van der Waals surface area contributed by atoms with Crippen LogP contribution in [-0.2, 0) is 0 Å². The molecule has 1 aromatic heterocycles. The van der Waals surface area contributed by atoms with Gasteiger partial charge < -0.3 is 10.1 Å². The van der Waals surface area contributed by atoms with E-state index in [0.29, 0.717) is 5.56 Å². The standard InChI is InChI=1S/C14H15N3OS/c1-3-12(14-16-6-7-19-14)17-13-8-11(18-2)5-4-10(13)9-15/h4-8,12,17H,3H2,1-2H3. The number of anilines is 1. The Bertz CT molecular complexity index is 575. The summed E-state index contributed by atoms with van der Waals surface area (Å²) in [5, 5.41) is 15.5. The third-order valence-corrected chi connectivity index (χ3v) is 3.72. The van der Waals surface area contributed by atoms with E-state index in [1.54, 1.807) is 36.8 Å². The van der Waals surface area contributed by atoms with Crippen LogP contribution in [0.25, 0.3) is 0 Å². The van der Waals surface area contributed by atoms with Gasteiger partial charge in [0.25, 0.3) is 0 Å². The number of aromatic nitrogens is 1. The predicted molar refractivity (Wildman–Crippen MR) is 76.5 cm³/mol. The highest BCUT2D eigenvalue weighted by atomic mass is 32.1. The molecule has 1 atom stereocenters. The van der Waals surface area contributed by atoms with E-state index in [-0.39, 0.29) is 6.04 Å². The fourth-order valence-electron chi connectivity index (χ4n) is 1.80. The summed E-state index contributed by atoms with van der Waals surface area (Å²) in [6.07, 6.45) is 2.69. The van der Waals surface area contributed by atoms with E-state index >= 15 is 0 Å². The third-order valence-electron chi connectivity index (χ3n) is 2.83. The molecule has 4 nitrogen and oxygen atoms in total. The lowest BCUT2D eigenvalue weighted by Crippen LogP contribution is -2.10. The first-order valence-corrected chi connectivity index (χ1v) is 6.90. The van der Waals surface area contributed by atoms with Crippen molar-refractivity contribution < 1.29 is 4.74 Å². The Kier molecular flexibility index (Phi) is 4.37. The Morgan fingerprint density at radius 1 is 1.53 bits per heavy atom. The molecule has 2 aromatic rings. The van der Waals surface area contributed by atoms with E-state index in [1.807, 2.05) is 11.4 Å². The summed E-state index contributed by atoms with van der Waals surface area (Å²) in [5.74, 6) is 0.732. The van der Waals surface area contributed by atoms with Gasteiger partial charge in [-0.15, -0.1) is 11.3 Å². The number of thiazole rings is 1. The first-order chi connectivity index (χ1) is 9.28. The third kappa shape index (κ3) is 3.04. The highest BCUT2D eigenvalue weighted by Gasteiger charge is 2.14. The van der Waals surface area contributed by atoms with Gasteiger partial charge in [-0.05, 0) is 18.6 Å². The number of methoxy groups -OCH3 is 1. The molecule has 1 unspecified atom stereocenters. The molecule has 5 heteroatoms. The van der Waals surface area contributed by atoms with Crippen LogP contribution in [-0.4, -0.2) is 12.1 Å². The van der Waals surface area contributed by atoms with Crippen molar-refractivity contribution in [1.82, 2.24) is 4.98 Å². The second kappa shape index (κ2) is 6.21. The summed E-state index contributed by atoms with van der Waals surface area (Å²) >= 11 is 1.61. The number of hydrogen-bond donors (Lipinski definition) is 1. The summed E-state index contributed by atoms with van der Waals surface area (Å²) < 4.78 is 5.20. The summed E-state index contributed by atoms with van der Waals surface area (Å²) in [5.41, 5.74) is 1.39. The highest BCUT2D eigenvalue weighted by Crippen LogP contribution is 2.28. The summed E-state index contributed by atoms with van der Waals surface area (Å²) in [7, 11) is 1.61. The maximum Gasteiger partial charge on any atom is 0.121 e. The Morgan fingerprint density at radius 2 is 2.37 bits per heavy atom. The molecule has 1 heterocycles. The van der Waals surface area contributed by atoms with Gasteiger partial charge in [-0.1, -0.05) is 6.92 Å². The molecule has 0 radical (unpaired) electrons. The van der Waals surface area contributed by atoms with E-state index in [9.17, 15) is 0 Å². The predicted octanol–water partition coefficient (Wildman–Crippen LogP) is 3.59. The maximum absolute atomic E-state index is 9.15. The van der Waals surface area contributed by atoms with Crippen LogP contribution >= 0.6 is 11.3 Å². The van der Waals surface area contributed by atoms with Crippen molar-refractivity contribution >= 4 is 17.0 Å². The molecule has 0 bridgehead atoms. The van der Waals surface area contributed by atoms with E-state index in [0.717, 1.165) is 22.9 Å². The molecule has 0 saturated carbocycles. The molecular formula is C14H15N3OS. The van der Waals surface area contributed by atoms with Crippen LogP contribution in [0.4, 0.5) is 5.69 Å². The zero-order valence-corrected chi connectivity index (χ0v) is 11.7. The quantitative estimate of drug-likeness (QED) is 0.904. The Labute approximate surface area is 116 Å². The fourth-order valence-corrected chi connectivity index (χ4v) is 2.57. The van der Waals surface area contributed by atoms with Gasteiger partial charge in [0.2, 0.25) is 0 Å². The molecule has 0 aliphatic heterocycles. The molecular weight excluding hydrogens is 258 g/mol. The number of hydrogen-bond acceptors (Lipinski definition) is 5. The molecule has 0 aliphatic rings. The van der Waals surface area contributed by atoms with Gasteiger partial charge >= 0.3 is 0 Å². The minimum atomic E-state index is 0.110. The average Bonchev–Trinajstić information content (AvgIpc) is 2.98. The monoisotopic (exact) mass is 273 g/mol. The van der Waals surface area contributed by atoms with Crippen LogP contribution < -0.4 is 10.1 Å². The van der Waals surface area contributed by atoms with Crippen LogP contribution in [0.2, 0.25) is 0 Å². The van der Waals surface area contributed by atoms with Gasteiger partial charge in [-0.25, -0.2) is 4.98 Å². The molecule has 2 rings (SSSR count). The summed E-state index contributed by atoms with van der Waals surface area (Å²) in [4.78, 5) is 4.32. The van der Waals surface area contributed by atoms with Crippen molar-refractivity contribution in [3.8, 4) is 11.8 Å². The average molecular weight is 273 g/mol. The first kappa shape index (κ1) is 13.4. The minimum Gasteiger partial charge on any atom is -0.497 e. The Hall–Kier alpha value is -2.06. The zero-order chi connectivity index (χ0) is 13.7. The van der Waals surface area contributed by atoms with Crippen molar-refractivity contribution in [1.29, 1.82) is 5.26 Å². The van der Waals surface area contributed by atoms with Gasteiger partial charge in [0.1, 0.15) is 16.8 Å². The van der Waals surface area contributed by atoms with Gasteiger partial charge in [-0.3, -0.25) is 0 Å². The second-order valence-corrected chi connectivity index (χ2v) is 4.92. The lowest BCUT2D eigenvalue weighted by molar-refractivity contribution is 0.415. The molecule has 0 spiro atoms. The van der Waals surface area contributed by atoms with Crippen LogP contribution in [0.3, 0.4) is 0 Å². The number of nitriles is 1. The van der Waals surface area contributed by atoms with Gasteiger partial charge in [-0.2, -0.15) is 5.26 Å². The van der Waals surface area contributed by atoms with E-state index < -0.39 is 0 Å². The van der Waals surface area contributed by atoms with Crippen LogP contribution in [0.5, 0.6) is 5.75 Å². The Balaban J connectivity index is 2.28. The molecule has 1 N–H and O–H groups in total. The maximum atomic E-state index is 9.15. The van der Waals surface area contributed by atoms with Gasteiger partial charge in [0, 0.05) is 17.6 Å². The van der Waals surface area contributed by atoms with Crippen LogP contribution in [0.1, 0.15) is 30.0 Å². The number of ether oxygens (including phenoxy) is 1. The number of nitrogens with zero attached hydrogens (tertiary/aromatic N) is 2. The van der Waals surface area contributed by atoms with E-state index in [2.05, 4.69) is 23.3 Å². The van der Waals surface area contributed by atoms with Crippen LogP contribution in [0, 0.1) is 11.3 Å². The topological polar surface area (TPSA) is 57.9 Å². The molecule has 0 aliphatic carbocycles. The van der Waals surface area contributed by atoms with Gasteiger partial charge in [0.15, 0.2) is 0 Å². The van der Waals surface area contributed by atoms with Crippen molar-refractivity contribution in [3.05, 3.63) is 40.3 Å². The molecule has 0 saturated heterocycles. The van der Waals surface area contributed by atoms with Crippen LogP contribution in [0.15, 0.2) is 29.8 Å². The minimum absolute atomic E-state index is 0.110. The molecule has 98 valence electrons. The molecule has 19 heavy (non-hydrogen) atoms. The molecule has 0 amide bonds. The number of rotatable bonds is 5. The lowest BCUT2D eigenvalue weighted by Gasteiger charge is -2.17. The lowest BCUT2D eigenvalue weighted by atomic mass is 10.1. The highest BCUT2D eigenvalue weighted by molar-refractivity contribution is 7.09. The SMILES string of the molecule is CCC(Nc1cc(OC)ccc1C#N)c1nccs1. The van der Waals surface area contributed by atoms with E-state index in [4.69, 9.17) is 10.00 Å².